The quantitative estimate of drug-likeness (QED) is 0.0259. The van der Waals surface area contributed by atoms with Crippen LogP contribution >= 0.6 is 38.4 Å². The second-order valence-corrected chi connectivity index (χ2v) is 13.2. The van der Waals surface area contributed by atoms with Crippen molar-refractivity contribution in [3.05, 3.63) is 109 Å². The standard InChI is InChI=1S/2C8H10N2O2.2C7H11N3O2S.C6H6N2O2.C3H8.CH5NS/c1-10-5-7(9-6-10)3-4-8(11)12-2;1-10-6-9-5-7(10)3-4-8(11)12-2;1-10-4-6(8-5-10)2-3-7(11)12-9-13;1-10-5-8-4-6(10)2-3-7(11)12-9-13;9-6(10)2-1-5-3-7-4-8-5;1-3-2;1-2-3/h2*3-6H,1-2H3;2*4-5,9,13H,2-3H2,1H3;1-4H,(H,7,8)(H,9,10);3H2,1-2H3;2-3H,1H3/b2*4-3+;;;2-1+;;. The highest BCUT2D eigenvalue weighted by Gasteiger charge is 2.06. The predicted molar refractivity (Wildman–Crippen MR) is 257 cm³/mol. The van der Waals surface area contributed by atoms with E-state index >= 15 is 0 Å². The van der Waals surface area contributed by atoms with Crippen LogP contribution in [-0.4, -0.2) is 104 Å². The second-order valence-electron chi connectivity index (χ2n) is 12.4. The third-order valence-electron chi connectivity index (χ3n) is 6.85. The monoisotopic (exact) mass is 979 g/mol. The molecule has 0 saturated carbocycles. The highest BCUT2D eigenvalue weighted by atomic mass is 32.1. The number of nitrogens with one attached hydrogen (secondary N) is 4. The minimum absolute atomic E-state index is 0.296. The predicted octanol–water partition coefficient (Wildman–Crippen LogP) is 3.68. The largest absolute Gasteiger partial charge is 0.478 e. The normalized spacial score (nSPS) is 9.88. The van der Waals surface area contributed by atoms with E-state index in [0.717, 1.165) is 28.9 Å². The van der Waals surface area contributed by atoms with Crippen LogP contribution in [0.4, 0.5) is 0 Å². The van der Waals surface area contributed by atoms with Gasteiger partial charge in [-0.05, 0) is 31.7 Å². The van der Waals surface area contributed by atoms with E-state index in [1.165, 1.54) is 45.2 Å². The average Bonchev–Trinajstić information content (AvgIpc) is 4.16. The zero-order valence-corrected chi connectivity index (χ0v) is 40.9. The van der Waals surface area contributed by atoms with Crippen molar-refractivity contribution in [1.82, 2.24) is 62.7 Å². The molecule has 0 unspecified atom stereocenters. The lowest BCUT2D eigenvalue weighted by Crippen LogP contribution is -2.12. The lowest BCUT2D eigenvalue weighted by atomic mass is 10.2. The van der Waals surface area contributed by atoms with E-state index in [9.17, 15) is 24.0 Å². The molecule has 364 valence electrons. The van der Waals surface area contributed by atoms with Crippen LogP contribution in [0.1, 0.15) is 61.6 Å². The smallest absolute Gasteiger partial charge is 0.330 e. The molecule has 0 bridgehead atoms. The Kier molecular flexibility index (Phi) is 37.4. The zero-order chi connectivity index (χ0) is 50.1. The summed E-state index contributed by atoms with van der Waals surface area (Å²) in [4.78, 5) is 88.2. The molecule has 0 saturated heterocycles. The van der Waals surface area contributed by atoms with Crippen LogP contribution in [-0.2, 0) is 84.2 Å². The fraction of sp³-hybridized carbons (Fsp3) is 0.350. The molecule has 5 rings (SSSR count). The number of rotatable bonds is 14. The van der Waals surface area contributed by atoms with Gasteiger partial charge in [0.2, 0.25) is 0 Å². The van der Waals surface area contributed by atoms with Crippen LogP contribution < -0.4 is 14.5 Å². The van der Waals surface area contributed by atoms with Gasteiger partial charge in [0.25, 0.3) is 0 Å². The second kappa shape index (κ2) is 40.1. The number of carbonyl (C=O) groups excluding carboxylic acids is 4. The lowest BCUT2D eigenvalue weighted by molar-refractivity contribution is -0.147. The number of aliphatic carboxylic acids is 1. The molecular weight excluding hydrogens is 919 g/mol. The van der Waals surface area contributed by atoms with Crippen molar-refractivity contribution in [2.75, 3.05) is 21.3 Å². The summed E-state index contributed by atoms with van der Waals surface area (Å²) < 4.78 is 18.6. The maximum absolute atomic E-state index is 10.9. The fourth-order valence-corrected chi connectivity index (χ4v) is 4.10. The van der Waals surface area contributed by atoms with Gasteiger partial charge in [-0.25, -0.2) is 39.3 Å². The molecular formula is C40H61N13O10S3. The summed E-state index contributed by atoms with van der Waals surface area (Å²) >= 11 is 10.6. The van der Waals surface area contributed by atoms with Crippen molar-refractivity contribution in [3.8, 4) is 0 Å². The number of nitrogens with zero attached hydrogens (tertiary/aromatic N) is 9. The van der Waals surface area contributed by atoms with Crippen molar-refractivity contribution < 1.29 is 48.2 Å². The highest BCUT2D eigenvalue weighted by Crippen LogP contribution is 2.02. The van der Waals surface area contributed by atoms with Gasteiger partial charge in [-0.2, -0.15) is 0 Å². The van der Waals surface area contributed by atoms with Crippen LogP contribution in [0, 0.1) is 0 Å². The van der Waals surface area contributed by atoms with Crippen molar-refractivity contribution in [1.29, 1.82) is 0 Å². The molecule has 5 heterocycles. The van der Waals surface area contributed by atoms with Gasteiger partial charge in [0.15, 0.2) is 0 Å². The Labute approximate surface area is 400 Å². The Morgan fingerprint density at radius 2 is 1.24 bits per heavy atom. The molecule has 0 fully saturated rings. The first kappa shape index (κ1) is 61.6. The molecule has 0 amide bonds. The number of thiol groups is 3. The van der Waals surface area contributed by atoms with E-state index in [4.69, 9.17) is 5.11 Å². The fourth-order valence-electron chi connectivity index (χ4n) is 3.89. The van der Waals surface area contributed by atoms with Crippen LogP contribution in [0.15, 0.2) is 80.8 Å². The number of aromatic amines is 1. The van der Waals surface area contributed by atoms with Crippen LogP contribution in [0.25, 0.3) is 18.2 Å². The van der Waals surface area contributed by atoms with E-state index in [2.05, 4.69) is 106 Å². The molecule has 0 aromatic carbocycles. The summed E-state index contributed by atoms with van der Waals surface area (Å²) in [6.45, 7) is 4.25. The lowest BCUT2D eigenvalue weighted by Gasteiger charge is -2.01. The number of carboxylic acids is 1. The molecule has 66 heavy (non-hydrogen) atoms. The molecule has 26 heteroatoms. The Morgan fingerprint density at radius 3 is 1.67 bits per heavy atom. The van der Waals surface area contributed by atoms with Gasteiger partial charge < -0.3 is 47.5 Å². The van der Waals surface area contributed by atoms with Crippen LogP contribution in [0.2, 0.25) is 0 Å². The van der Waals surface area contributed by atoms with E-state index < -0.39 is 5.97 Å². The molecule has 23 nitrogen and oxygen atoms in total. The first-order valence-corrected chi connectivity index (χ1v) is 20.6. The third-order valence-corrected chi connectivity index (χ3v) is 7.03. The summed E-state index contributed by atoms with van der Waals surface area (Å²) in [5.41, 5.74) is 4.15. The van der Waals surface area contributed by atoms with Gasteiger partial charge in [0.1, 0.15) is 0 Å². The number of methoxy groups -OCH3 is 2. The SMILES string of the molecule is CCC.CNS.COC(=O)/C=C/c1cn(C)cn1.COC(=O)/C=C/c1cncn1C.Cn1cnc(CCC(=O)ONS)c1.Cn1cncc1CCC(=O)ONS.O=C(O)/C=C/c1cnc[nH]1. The number of imidazole rings is 5. The molecule has 0 atom stereocenters. The molecule has 0 aliphatic rings. The number of esters is 2. The van der Waals surface area contributed by atoms with Gasteiger partial charge in [-0.1, -0.05) is 68.5 Å². The van der Waals surface area contributed by atoms with Gasteiger partial charge in [0, 0.05) is 77.1 Å². The number of hydrogen-bond donors (Lipinski definition) is 8. The summed E-state index contributed by atoms with van der Waals surface area (Å²) in [5.74, 6) is -2.39. The topological polar surface area (TPSA) is 279 Å². The maximum Gasteiger partial charge on any atom is 0.330 e. The average molecular weight is 980 g/mol. The first-order chi connectivity index (χ1) is 31.5. The maximum atomic E-state index is 10.9. The summed E-state index contributed by atoms with van der Waals surface area (Å²) in [7, 11) is 11.9. The third kappa shape index (κ3) is 34.0. The van der Waals surface area contributed by atoms with Gasteiger partial charge in [0.05, 0.1) is 93.9 Å². The number of carbonyl (C=O) groups is 5. The van der Waals surface area contributed by atoms with E-state index in [1.807, 2.05) is 53.3 Å². The molecule has 0 aliphatic heterocycles. The molecule has 5 N–H and O–H groups in total. The van der Waals surface area contributed by atoms with E-state index in [0.29, 0.717) is 31.4 Å². The van der Waals surface area contributed by atoms with Gasteiger partial charge >= 0.3 is 29.8 Å². The van der Waals surface area contributed by atoms with E-state index in [1.54, 1.807) is 78.4 Å². The minimum atomic E-state index is -0.963. The molecule has 0 spiro atoms. The zero-order valence-electron chi connectivity index (χ0n) is 38.3. The Bertz CT molecular complexity index is 2150. The Balaban J connectivity index is 0. The minimum Gasteiger partial charge on any atom is -0.478 e. The molecule has 0 aliphatic carbocycles. The van der Waals surface area contributed by atoms with Gasteiger partial charge in [-0.15, -0.1) is 0 Å². The van der Waals surface area contributed by atoms with Crippen molar-refractivity contribution in [2.24, 2.45) is 28.2 Å². The number of hydrogen-bond acceptors (Lipinski definition) is 20. The Morgan fingerprint density at radius 1 is 0.712 bits per heavy atom. The number of ether oxygens (including phenoxy) is 2. The number of carboxylic acid groups (broad SMARTS) is 1. The van der Waals surface area contributed by atoms with Crippen molar-refractivity contribution in [2.45, 2.75) is 46.0 Å². The van der Waals surface area contributed by atoms with Crippen molar-refractivity contribution >= 4 is 86.5 Å². The molecule has 5 aromatic rings. The number of aryl methyl sites for hydroxylation is 6. The first-order valence-electron chi connectivity index (χ1n) is 19.3. The van der Waals surface area contributed by atoms with Crippen LogP contribution in [0.3, 0.4) is 0 Å². The molecule has 0 radical (unpaired) electrons. The highest BCUT2D eigenvalue weighted by molar-refractivity contribution is 7.78. The summed E-state index contributed by atoms with van der Waals surface area (Å²) in [5, 5.41) is 8.19. The number of H-pyrrole nitrogens is 1. The van der Waals surface area contributed by atoms with Crippen LogP contribution in [0.5, 0.6) is 0 Å². The van der Waals surface area contributed by atoms with Crippen molar-refractivity contribution in [3.63, 3.8) is 0 Å². The van der Waals surface area contributed by atoms with E-state index in [-0.39, 0.29) is 23.9 Å². The number of aromatic nitrogens is 10. The Hall–Kier alpha value is -6.45. The molecule has 5 aromatic heterocycles. The summed E-state index contributed by atoms with van der Waals surface area (Å²) in [6, 6.07) is 0. The van der Waals surface area contributed by atoms with Gasteiger partial charge in [-0.3, -0.25) is 14.3 Å². The summed E-state index contributed by atoms with van der Waals surface area (Å²) in [6.07, 6.45) is 28.3.